The maximum Gasteiger partial charge on any atom is 0.405 e. The average Bonchev–Trinajstić information content (AvgIpc) is 3.14. The molecule has 0 unspecified atom stereocenters. The zero-order chi connectivity index (χ0) is 20.9. The number of carbonyl (C=O) groups is 2. The number of alkyl halides is 3. The van der Waals surface area contributed by atoms with E-state index in [9.17, 15) is 22.8 Å². The third-order valence-corrected chi connectivity index (χ3v) is 3.90. The van der Waals surface area contributed by atoms with Gasteiger partial charge < -0.3 is 20.1 Å². The first-order valence-corrected chi connectivity index (χ1v) is 8.60. The number of ether oxygens (including phenoxy) is 2. The Morgan fingerprint density at radius 2 is 1.76 bits per heavy atom. The van der Waals surface area contributed by atoms with E-state index < -0.39 is 18.6 Å². The predicted octanol–water partition coefficient (Wildman–Crippen LogP) is 3.29. The quantitative estimate of drug-likeness (QED) is 0.722. The van der Waals surface area contributed by atoms with E-state index in [-0.39, 0.29) is 19.1 Å². The molecule has 29 heavy (non-hydrogen) atoms. The van der Waals surface area contributed by atoms with Crippen LogP contribution in [0, 0.1) is 0 Å². The molecule has 2 aromatic carbocycles. The Balaban J connectivity index is 1.50. The van der Waals surface area contributed by atoms with Crippen molar-refractivity contribution in [3.8, 4) is 11.5 Å². The van der Waals surface area contributed by atoms with E-state index in [0.29, 0.717) is 22.7 Å². The largest absolute Gasteiger partial charge is 0.454 e. The summed E-state index contributed by atoms with van der Waals surface area (Å²) in [5.41, 5.74) is 1.79. The van der Waals surface area contributed by atoms with Gasteiger partial charge >= 0.3 is 6.18 Å². The highest BCUT2D eigenvalue weighted by Gasteiger charge is 2.27. The monoisotopic (exact) mass is 406 g/mol. The number of hydrogen-bond donors (Lipinski definition) is 2. The zero-order valence-electron chi connectivity index (χ0n) is 15.1. The van der Waals surface area contributed by atoms with Crippen LogP contribution < -0.4 is 20.1 Å². The van der Waals surface area contributed by atoms with Crippen LogP contribution in [-0.2, 0) is 16.0 Å². The fraction of sp³-hybridized carbons (Fsp3) is 0.200. The smallest absolute Gasteiger partial charge is 0.405 e. The maximum atomic E-state index is 12.1. The molecule has 0 aliphatic carbocycles. The fourth-order valence-electron chi connectivity index (χ4n) is 2.53. The molecule has 2 amide bonds. The van der Waals surface area contributed by atoms with Gasteiger partial charge in [-0.3, -0.25) is 9.59 Å². The fourth-order valence-corrected chi connectivity index (χ4v) is 2.53. The summed E-state index contributed by atoms with van der Waals surface area (Å²) in [6.07, 6.45) is -1.65. The number of rotatable bonds is 6. The molecular formula is C20H17F3N2O4. The summed E-state index contributed by atoms with van der Waals surface area (Å²) in [7, 11) is 0. The molecule has 0 atom stereocenters. The zero-order valence-corrected chi connectivity index (χ0v) is 15.1. The van der Waals surface area contributed by atoms with Gasteiger partial charge in [-0.1, -0.05) is 18.2 Å². The Morgan fingerprint density at radius 1 is 1.03 bits per heavy atom. The minimum Gasteiger partial charge on any atom is -0.454 e. The standard InChI is InChI=1S/C20H17F3N2O4/c21-20(22,23)11-24-19(27)10-14-1-5-15(6-2-14)25-18(26)8-4-13-3-7-16-17(9-13)29-12-28-16/h1-9H,10-12H2,(H,24,27)(H,25,26)/b8-4+. The highest BCUT2D eigenvalue weighted by molar-refractivity contribution is 6.02. The van der Waals surface area contributed by atoms with Crippen LogP contribution >= 0.6 is 0 Å². The van der Waals surface area contributed by atoms with Gasteiger partial charge in [0.25, 0.3) is 0 Å². The van der Waals surface area contributed by atoms with Gasteiger partial charge in [-0.15, -0.1) is 0 Å². The Morgan fingerprint density at radius 3 is 2.48 bits per heavy atom. The van der Waals surface area contributed by atoms with Crippen molar-refractivity contribution in [3.05, 3.63) is 59.7 Å². The van der Waals surface area contributed by atoms with Gasteiger partial charge in [0, 0.05) is 11.8 Å². The molecule has 1 heterocycles. The Kier molecular flexibility index (Phi) is 6.06. The molecule has 0 spiro atoms. The molecule has 2 aromatic rings. The van der Waals surface area contributed by atoms with E-state index in [1.807, 2.05) is 0 Å². The number of fused-ring (bicyclic) bond motifs is 1. The molecule has 152 valence electrons. The van der Waals surface area contributed by atoms with Crippen molar-refractivity contribution < 1.29 is 32.2 Å². The van der Waals surface area contributed by atoms with Crippen LogP contribution in [0.2, 0.25) is 0 Å². The molecule has 0 saturated carbocycles. The van der Waals surface area contributed by atoms with Gasteiger partial charge in [0.2, 0.25) is 18.6 Å². The average molecular weight is 406 g/mol. The number of amides is 2. The number of anilines is 1. The molecule has 6 nitrogen and oxygen atoms in total. The van der Waals surface area contributed by atoms with Crippen molar-refractivity contribution in [2.45, 2.75) is 12.6 Å². The maximum absolute atomic E-state index is 12.1. The van der Waals surface area contributed by atoms with Gasteiger partial charge in [-0.25, -0.2) is 0 Å². The predicted molar refractivity (Wildman–Crippen MR) is 99.4 cm³/mol. The molecule has 1 aliphatic rings. The summed E-state index contributed by atoms with van der Waals surface area (Å²) in [6, 6.07) is 11.6. The van der Waals surface area contributed by atoms with Crippen LogP contribution in [0.15, 0.2) is 48.5 Å². The molecule has 2 N–H and O–H groups in total. The van der Waals surface area contributed by atoms with Crippen molar-refractivity contribution in [3.63, 3.8) is 0 Å². The van der Waals surface area contributed by atoms with Gasteiger partial charge in [0.05, 0.1) is 6.42 Å². The molecule has 3 rings (SSSR count). The minimum atomic E-state index is -4.45. The number of benzene rings is 2. The first-order chi connectivity index (χ1) is 13.8. The van der Waals surface area contributed by atoms with Gasteiger partial charge in [0.1, 0.15) is 6.54 Å². The molecule has 0 bridgehead atoms. The first-order valence-electron chi connectivity index (χ1n) is 8.60. The van der Waals surface area contributed by atoms with Crippen LogP contribution in [0.3, 0.4) is 0 Å². The van der Waals surface area contributed by atoms with E-state index in [4.69, 9.17) is 9.47 Å². The lowest BCUT2D eigenvalue weighted by molar-refractivity contribution is -0.138. The summed E-state index contributed by atoms with van der Waals surface area (Å²) < 4.78 is 46.8. The number of carbonyl (C=O) groups excluding carboxylic acids is 2. The molecule has 9 heteroatoms. The number of nitrogens with one attached hydrogen (secondary N) is 2. The highest BCUT2D eigenvalue weighted by Crippen LogP contribution is 2.32. The second-order valence-electron chi connectivity index (χ2n) is 6.20. The summed E-state index contributed by atoms with van der Waals surface area (Å²) in [6.45, 7) is -1.20. The minimum absolute atomic E-state index is 0.170. The lowest BCUT2D eigenvalue weighted by Crippen LogP contribution is -2.34. The second-order valence-corrected chi connectivity index (χ2v) is 6.20. The van der Waals surface area contributed by atoms with Gasteiger partial charge in [-0.2, -0.15) is 13.2 Å². The van der Waals surface area contributed by atoms with Crippen molar-refractivity contribution in [2.75, 3.05) is 18.7 Å². The van der Waals surface area contributed by atoms with Crippen LogP contribution in [-0.4, -0.2) is 31.3 Å². The van der Waals surface area contributed by atoms with Crippen molar-refractivity contribution >= 4 is 23.6 Å². The Bertz CT molecular complexity index is 924. The van der Waals surface area contributed by atoms with E-state index >= 15 is 0 Å². The van der Waals surface area contributed by atoms with E-state index in [2.05, 4.69) is 5.32 Å². The SMILES string of the molecule is O=C(/C=C/c1ccc2c(c1)OCO2)Nc1ccc(CC(=O)NCC(F)(F)F)cc1. The van der Waals surface area contributed by atoms with Crippen molar-refractivity contribution in [2.24, 2.45) is 0 Å². The van der Waals surface area contributed by atoms with E-state index in [0.717, 1.165) is 5.56 Å². The Hall–Kier alpha value is -3.49. The number of halogens is 3. The third kappa shape index (κ3) is 6.27. The molecule has 1 aliphatic heterocycles. The summed E-state index contributed by atoms with van der Waals surface area (Å²) in [5.74, 6) is 0.172. The number of hydrogen-bond acceptors (Lipinski definition) is 4. The van der Waals surface area contributed by atoms with Gasteiger partial charge in [0.15, 0.2) is 11.5 Å². The normalized spacial score (nSPS) is 12.8. The lowest BCUT2D eigenvalue weighted by atomic mass is 10.1. The van der Waals surface area contributed by atoms with E-state index in [1.54, 1.807) is 53.9 Å². The first kappa shape index (κ1) is 20.2. The summed E-state index contributed by atoms with van der Waals surface area (Å²) >= 11 is 0. The molecule has 0 fully saturated rings. The molecular weight excluding hydrogens is 389 g/mol. The Labute approximate surface area is 164 Å². The third-order valence-electron chi connectivity index (χ3n) is 3.90. The highest BCUT2D eigenvalue weighted by atomic mass is 19.4. The van der Waals surface area contributed by atoms with Crippen molar-refractivity contribution in [1.82, 2.24) is 5.32 Å². The molecule has 0 aromatic heterocycles. The van der Waals surface area contributed by atoms with Gasteiger partial charge in [-0.05, 0) is 41.5 Å². The second kappa shape index (κ2) is 8.68. The van der Waals surface area contributed by atoms with Crippen LogP contribution in [0.1, 0.15) is 11.1 Å². The van der Waals surface area contributed by atoms with Crippen LogP contribution in [0.5, 0.6) is 11.5 Å². The van der Waals surface area contributed by atoms with Crippen molar-refractivity contribution in [1.29, 1.82) is 0 Å². The van der Waals surface area contributed by atoms with E-state index in [1.165, 1.54) is 6.08 Å². The van der Waals surface area contributed by atoms with Crippen LogP contribution in [0.25, 0.3) is 6.08 Å². The molecule has 0 saturated heterocycles. The summed E-state index contributed by atoms with van der Waals surface area (Å²) in [4.78, 5) is 23.5. The lowest BCUT2D eigenvalue weighted by Gasteiger charge is -2.08. The van der Waals surface area contributed by atoms with Crippen LogP contribution in [0.4, 0.5) is 18.9 Å². The summed E-state index contributed by atoms with van der Waals surface area (Å²) in [5, 5.41) is 4.47. The molecule has 0 radical (unpaired) electrons. The topological polar surface area (TPSA) is 76.7 Å².